The fraction of sp³-hybridized carbons (Fsp3) is 0.471. The van der Waals surface area contributed by atoms with Gasteiger partial charge in [0.15, 0.2) is 0 Å². The summed E-state index contributed by atoms with van der Waals surface area (Å²) in [6, 6.07) is 11.0. The van der Waals surface area contributed by atoms with Crippen LogP contribution in [0.1, 0.15) is 45.7 Å². The lowest BCUT2D eigenvalue weighted by Gasteiger charge is -2.35. The van der Waals surface area contributed by atoms with Crippen LogP contribution in [0.3, 0.4) is 0 Å². The number of pyridine rings is 1. The summed E-state index contributed by atoms with van der Waals surface area (Å²) < 4.78 is 0. The SMILES string of the molecule is CCNC(c1cccc2ncccc12)C(C)(C)CC. The smallest absolute Gasteiger partial charge is 0.0705 e. The van der Waals surface area contributed by atoms with E-state index < -0.39 is 0 Å². The minimum absolute atomic E-state index is 0.222. The molecule has 102 valence electrons. The molecule has 0 saturated heterocycles. The fourth-order valence-electron chi connectivity index (χ4n) is 2.59. The number of benzene rings is 1. The number of rotatable bonds is 5. The predicted molar refractivity (Wildman–Crippen MR) is 82.2 cm³/mol. The zero-order valence-corrected chi connectivity index (χ0v) is 12.4. The summed E-state index contributed by atoms with van der Waals surface area (Å²) in [5.41, 5.74) is 2.66. The van der Waals surface area contributed by atoms with Crippen LogP contribution in [0.2, 0.25) is 0 Å². The molecule has 0 saturated carbocycles. The van der Waals surface area contributed by atoms with Crippen molar-refractivity contribution in [3.05, 3.63) is 42.1 Å². The van der Waals surface area contributed by atoms with E-state index in [2.05, 4.69) is 62.3 Å². The molecule has 2 heteroatoms. The molecule has 2 nitrogen and oxygen atoms in total. The van der Waals surface area contributed by atoms with Gasteiger partial charge in [0.1, 0.15) is 0 Å². The van der Waals surface area contributed by atoms with Gasteiger partial charge >= 0.3 is 0 Å². The highest BCUT2D eigenvalue weighted by atomic mass is 14.9. The van der Waals surface area contributed by atoms with E-state index >= 15 is 0 Å². The van der Waals surface area contributed by atoms with Crippen molar-refractivity contribution in [1.82, 2.24) is 10.3 Å². The van der Waals surface area contributed by atoms with Crippen molar-refractivity contribution in [2.24, 2.45) is 5.41 Å². The summed E-state index contributed by atoms with van der Waals surface area (Å²) in [5, 5.41) is 4.92. The summed E-state index contributed by atoms with van der Waals surface area (Å²) in [5.74, 6) is 0. The summed E-state index contributed by atoms with van der Waals surface area (Å²) in [6.07, 6.45) is 3.00. The average Bonchev–Trinajstić information content (AvgIpc) is 2.44. The van der Waals surface area contributed by atoms with Crippen LogP contribution in [-0.2, 0) is 0 Å². The van der Waals surface area contributed by atoms with Gasteiger partial charge in [-0.3, -0.25) is 4.98 Å². The van der Waals surface area contributed by atoms with Crippen LogP contribution >= 0.6 is 0 Å². The minimum atomic E-state index is 0.222. The quantitative estimate of drug-likeness (QED) is 0.861. The van der Waals surface area contributed by atoms with Gasteiger partial charge in [0.2, 0.25) is 0 Å². The predicted octanol–water partition coefficient (Wildman–Crippen LogP) is 4.32. The van der Waals surface area contributed by atoms with Crippen molar-refractivity contribution >= 4 is 10.9 Å². The van der Waals surface area contributed by atoms with E-state index in [1.807, 2.05) is 12.3 Å². The van der Waals surface area contributed by atoms with Crippen molar-refractivity contribution in [1.29, 1.82) is 0 Å². The van der Waals surface area contributed by atoms with Crippen molar-refractivity contribution in [2.45, 2.75) is 40.2 Å². The highest BCUT2D eigenvalue weighted by Crippen LogP contribution is 2.38. The van der Waals surface area contributed by atoms with Crippen LogP contribution in [0.25, 0.3) is 10.9 Å². The Morgan fingerprint density at radius 2 is 1.95 bits per heavy atom. The van der Waals surface area contributed by atoms with Gasteiger partial charge < -0.3 is 5.32 Å². The van der Waals surface area contributed by atoms with E-state index in [0.717, 1.165) is 18.5 Å². The van der Waals surface area contributed by atoms with Crippen molar-refractivity contribution in [3.8, 4) is 0 Å². The molecule has 0 aliphatic heterocycles. The summed E-state index contributed by atoms with van der Waals surface area (Å²) in [4.78, 5) is 4.46. The first-order valence-corrected chi connectivity index (χ1v) is 7.17. The molecule has 0 aliphatic rings. The van der Waals surface area contributed by atoms with Crippen LogP contribution in [-0.4, -0.2) is 11.5 Å². The van der Waals surface area contributed by atoms with Crippen LogP contribution in [0, 0.1) is 5.41 Å². The topological polar surface area (TPSA) is 24.9 Å². The Bertz CT molecular complexity index is 540. The average molecular weight is 256 g/mol. The van der Waals surface area contributed by atoms with Crippen molar-refractivity contribution < 1.29 is 0 Å². The zero-order valence-electron chi connectivity index (χ0n) is 12.4. The number of hydrogen-bond donors (Lipinski definition) is 1. The van der Waals surface area contributed by atoms with Crippen LogP contribution in [0.4, 0.5) is 0 Å². The lowest BCUT2D eigenvalue weighted by atomic mass is 9.77. The van der Waals surface area contributed by atoms with Gasteiger partial charge in [0.05, 0.1) is 5.52 Å². The molecule has 0 fully saturated rings. The van der Waals surface area contributed by atoms with E-state index in [-0.39, 0.29) is 5.41 Å². The van der Waals surface area contributed by atoms with E-state index in [9.17, 15) is 0 Å². The number of nitrogens with zero attached hydrogens (tertiary/aromatic N) is 1. The first-order valence-electron chi connectivity index (χ1n) is 7.17. The first kappa shape index (κ1) is 14.0. The standard InChI is InChI=1S/C17H24N2/c1-5-17(3,4)16(18-6-2)14-9-7-11-15-13(14)10-8-12-19-15/h7-12,16,18H,5-6H2,1-4H3. The molecular formula is C17H24N2. The van der Waals surface area contributed by atoms with Gasteiger partial charge in [-0.05, 0) is 36.1 Å². The molecule has 2 aromatic rings. The molecule has 0 bridgehead atoms. The maximum Gasteiger partial charge on any atom is 0.0705 e. The second-order valence-corrected chi connectivity index (χ2v) is 5.75. The molecule has 0 spiro atoms. The second kappa shape index (κ2) is 5.70. The molecule has 2 rings (SSSR count). The Hall–Kier alpha value is -1.41. The van der Waals surface area contributed by atoms with Crippen molar-refractivity contribution in [2.75, 3.05) is 6.54 Å². The van der Waals surface area contributed by atoms with E-state index in [1.165, 1.54) is 10.9 Å². The number of aromatic nitrogens is 1. The third-order valence-corrected chi connectivity index (χ3v) is 4.09. The maximum absolute atomic E-state index is 4.46. The van der Waals surface area contributed by atoms with Gasteiger partial charge in [-0.1, -0.05) is 45.9 Å². The summed E-state index contributed by atoms with van der Waals surface area (Å²) in [7, 11) is 0. The Balaban J connectivity index is 2.56. The Morgan fingerprint density at radius 1 is 1.16 bits per heavy atom. The molecule has 0 radical (unpaired) electrons. The highest BCUT2D eigenvalue weighted by molar-refractivity contribution is 5.82. The monoisotopic (exact) mass is 256 g/mol. The maximum atomic E-state index is 4.46. The molecule has 1 aromatic carbocycles. The molecule has 1 aromatic heterocycles. The molecule has 1 atom stereocenters. The Kier molecular flexibility index (Phi) is 4.20. The molecule has 1 heterocycles. The van der Waals surface area contributed by atoms with Gasteiger partial charge in [0.25, 0.3) is 0 Å². The van der Waals surface area contributed by atoms with Crippen molar-refractivity contribution in [3.63, 3.8) is 0 Å². The van der Waals surface area contributed by atoms with Gasteiger partial charge in [-0.25, -0.2) is 0 Å². The molecule has 0 aliphatic carbocycles. The van der Waals surface area contributed by atoms with E-state index in [1.54, 1.807) is 0 Å². The third kappa shape index (κ3) is 2.79. The normalized spacial score (nSPS) is 13.7. The Morgan fingerprint density at radius 3 is 2.63 bits per heavy atom. The van der Waals surface area contributed by atoms with Crippen LogP contribution in [0.15, 0.2) is 36.5 Å². The van der Waals surface area contributed by atoms with Gasteiger partial charge in [-0.15, -0.1) is 0 Å². The summed E-state index contributed by atoms with van der Waals surface area (Å²) >= 11 is 0. The largest absolute Gasteiger partial charge is 0.310 e. The molecule has 19 heavy (non-hydrogen) atoms. The number of hydrogen-bond acceptors (Lipinski definition) is 2. The fourth-order valence-corrected chi connectivity index (χ4v) is 2.59. The zero-order chi connectivity index (χ0) is 13.9. The second-order valence-electron chi connectivity index (χ2n) is 5.75. The minimum Gasteiger partial charge on any atom is -0.310 e. The first-order chi connectivity index (χ1) is 9.10. The molecule has 1 N–H and O–H groups in total. The van der Waals surface area contributed by atoms with E-state index in [0.29, 0.717) is 6.04 Å². The van der Waals surface area contributed by atoms with Gasteiger partial charge in [0, 0.05) is 17.6 Å². The van der Waals surface area contributed by atoms with Crippen LogP contribution in [0.5, 0.6) is 0 Å². The Labute approximate surface area is 116 Å². The summed E-state index contributed by atoms with van der Waals surface area (Å²) in [6.45, 7) is 10.1. The highest BCUT2D eigenvalue weighted by Gasteiger charge is 2.29. The number of nitrogens with one attached hydrogen (secondary N) is 1. The lowest BCUT2D eigenvalue weighted by Crippen LogP contribution is -2.34. The third-order valence-electron chi connectivity index (χ3n) is 4.09. The number of fused-ring (bicyclic) bond motifs is 1. The van der Waals surface area contributed by atoms with Gasteiger partial charge in [-0.2, -0.15) is 0 Å². The van der Waals surface area contributed by atoms with Crippen LogP contribution < -0.4 is 5.32 Å². The van der Waals surface area contributed by atoms with E-state index in [4.69, 9.17) is 0 Å². The molecule has 0 amide bonds. The lowest BCUT2D eigenvalue weighted by molar-refractivity contribution is 0.238. The molecule has 1 unspecified atom stereocenters. The molecular weight excluding hydrogens is 232 g/mol.